The van der Waals surface area contributed by atoms with Gasteiger partial charge in [0.05, 0.1) is 11.5 Å². The van der Waals surface area contributed by atoms with E-state index in [1.54, 1.807) is 0 Å². The molecule has 0 bridgehead atoms. The highest BCUT2D eigenvalue weighted by Gasteiger charge is 2.23. The maximum absolute atomic E-state index is 11.6. The molecule has 20 heavy (non-hydrogen) atoms. The van der Waals surface area contributed by atoms with Crippen LogP contribution in [0, 0.1) is 5.92 Å². The minimum Gasteiger partial charge on any atom is -0.438 e. The number of carbonyl (C=O) groups excluding carboxylic acids is 1. The maximum atomic E-state index is 11.6. The van der Waals surface area contributed by atoms with Crippen molar-refractivity contribution in [2.24, 2.45) is 5.92 Å². The van der Waals surface area contributed by atoms with E-state index in [9.17, 15) is 4.79 Å². The Morgan fingerprint density at radius 2 is 1.80 bits per heavy atom. The van der Waals surface area contributed by atoms with Crippen LogP contribution in [-0.4, -0.2) is 12.8 Å². The molecule has 0 heterocycles. The van der Waals surface area contributed by atoms with Crippen LogP contribution in [0.1, 0.15) is 39.7 Å². The van der Waals surface area contributed by atoms with Crippen LogP contribution in [-0.2, 0) is 19.9 Å². The first-order valence-corrected chi connectivity index (χ1v) is 8.12. The number of rotatable bonds is 6. The van der Waals surface area contributed by atoms with Crippen molar-refractivity contribution in [3.8, 4) is 0 Å². The summed E-state index contributed by atoms with van der Waals surface area (Å²) in [7, 11) is 0. The van der Waals surface area contributed by atoms with Crippen molar-refractivity contribution < 1.29 is 14.3 Å². The second-order valence-corrected chi connectivity index (χ2v) is 7.03. The molecule has 1 unspecified atom stereocenters. The molecule has 5 heteroatoms. The Morgan fingerprint density at radius 3 is 2.30 bits per heavy atom. The number of benzene rings is 1. The maximum Gasteiger partial charge on any atom is 0.310 e. The average Bonchev–Trinajstić information content (AvgIpc) is 2.36. The third kappa shape index (κ3) is 5.19. The molecular formula is C15H20Br2O3. The van der Waals surface area contributed by atoms with E-state index < -0.39 is 5.60 Å². The van der Waals surface area contributed by atoms with Crippen LogP contribution < -0.4 is 0 Å². The fourth-order valence-corrected chi connectivity index (χ4v) is 2.82. The Morgan fingerprint density at radius 1 is 1.25 bits per heavy atom. The minimum atomic E-state index is -0.540. The lowest BCUT2D eigenvalue weighted by Gasteiger charge is -2.26. The van der Waals surface area contributed by atoms with Crippen LogP contribution >= 0.6 is 31.9 Å². The van der Waals surface area contributed by atoms with Crippen LogP contribution in [0.25, 0.3) is 0 Å². The predicted molar refractivity (Wildman–Crippen MR) is 86.4 cm³/mol. The highest BCUT2D eigenvalue weighted by Crippen LogP contribution is 2.30. The van der Waals surface area contributed by atoms with Gasteiger partial charge in [-0.2, -0.15) is 0 Å². The zero-order valence-corrected chi connectivity index (χ0v) is 15.4. The van der Waals surface area contributed by atoms with Gasteiger partial charge in [0.2, 0.25) is 0 Å². The Kier molecular flexibility index (Phi) is 6.69. The van der Waals surface area contributed by atoms with E-state index in [0.717, 1.165) is 20.9 Å². The number of hydrogen-bond acceptors (Lipinski definition) is 3. The summed E-state index contributed by atoms with van der Waals surface area (Å²) < 4.78 is 12.8. The molecule has 1 aromatic rings. The first kappa shape index (κ1) is 17.7. The van der Waals surface area contributed by atoms with Gasteiger partial charge in [0.15, 0.2) is 6.79 Å². The van der Waals surface area contributed by atoms with Crippen molar-refractivity contribution in [3.63, 3.8) is 0 Å². The highest BCUT2D eigenvalue weighted by atomic mass is 79.9. The number of hydrogen-bond donors (Lipinski definition) is 0. The molecule has 112 valence electrons. The van der Waals surface area contributed by atoms with Gasteiger partial charge in [-0.15, -0.1) is 0 Å². The summed E-state index contributed by atoms with van der Waals surface area (Å²) in [5, 5.41) is 0. The summed E-state index contributed by atoms with van der Waals surface area (Å²) in [5.41, 5.74) is 0.459. The van der Waals surface area contributed by atoms with Crippen molar-refractivity contribution >= 4 is 37.8 Å². The smallest absolute Gasteiger partial charge is 0.310 e. The molecule has 1 rings (SSSR count). The van der Waals surface area contributed by atoms with E-state index in [2.05, 4.69) is 31.9 Å². The van der Waals surface area contributed by atoms with E-state index >= 15 is 0 Å². The quantitative estimate of drug-likeness (QED) is 0.491. The number of esters is 1. The first-order valence-electron chi connectivity index (χ1n) is 6.53. The molecule has 0 radical (unpaired) electrons. The summed E-state index contributed by atoms with van der Waals surface area (Å²) in [4.78, 5) is 11.6. The Balaban J connectivity index is 2.63. The molecule has 0 saturated carbocycles. The van der Waals surface area contributed by atoms with Crippen molar-refractivity contribution in [2.45, 2.75) is 39.7 Å². The standard InChI is InChI=1S/C15H20Br2O3/c1-5-10(2)14(18)19-9-20-15(3,4)11-6-12(16)8-13(17)7-11/h6-8,10H,5,9H2,1-4H3. The van der Waals surface area contributed by atoms with Crippen molar-refractivity contribution in [1.29, 1.82) is 0 Å². The lowest BCUT2D eigenvalue weighted by atomic mass is 9.98. The van der Waals surface area contributed by atoms with Crippen molar-refractivity contribution in [3.05, 3.63) is 32.7 Å². The molecule has 0 aliphatic heterocycles. The second kappa shape index (κ2) is 7.57. The average molecular weight is 408 g/mol. The summed E-state index contributed by atoms with van der Waals surface area (Å²) in [6.07, 6.45) is 0.765. The van der Waals surface area contributed by atoms with Crippen molar-refractivity contribution in [2.75, 3.05) is 6.79 Å². The first-order chi connectivity index (χ1) is 9.26. The topological polar surface area (TPSA) is 35.5 Å². The second-order valence-electron chi connectivity index (χ2n) is 5.20. The van der Waals surface area contributed by atoms with Gasteiger partial charge in [-0.05, 0) is 44.0 Å². The van der Waals surface area contributed by atoms with Crippen LogP contribution in [0.15, 0.2) is 27.1 Å². The number of ether oxygens (including phenoxy) is 2. The van der Waals surface area contributed by atoms with Crippen LogP contribution in [0.4, 0.5) is 0 Å². The third-order valence-electron chi connectivity index (χ3n) is 3.19. The molecule has 0 N–H and O–H groups in total. The van der Waals surface area contributed by atoms with E-state index in [1.807, 2.05) is 45.9 Å². The van der Waals surface area contributed by atoms with E-state index in [0.29, 0.717) is 0 Å². The minimum absolute atomic E-state index is 0.0414. The lowest BCUT2D eigenvalue weighted by Crippen LogP contribution is -2.25. The van der Waals surface area contributed by atoms with Gasteiger partial charge in [-0.1, -0.05) is 45.7 Å². The molecule has 1 atom stereocenters. The monoisotopic (exact) mass is 406 g/mol. The molecule has 1 aromatic carbocycles. The predicted octanol–water partition coefficient (Wildman–Crippen LogP) is 5.01. The van der Waals surface area contributed by atoms with Gasteiger partial charge in [0.25, 0.3) is 0 Å². The van der Waals surface area contributed by atoms with Gasteiger partial charge < -0.3 is 9.47 Å². The third-order valence-corrected chi connectivity index (χ3v) is 4.11. The van der Waals surface area contributed by atoms with Gasteiger partial charge in [-0.3, -0.25) is 4.79 Å². The molecule has 0 fully saturated rings. The fraction of sp³-hybridized carbons (Fsp3) is 0.533. The van der Waals surface area contributed by atoms with Crippen molar-refractivity contribution in [1.82, 2.24) is 0 Å². The highest BCUT2D eigenvalue weighted by molar-refractivity contribution is 9.11. The lowest BCUT2D eigenvalue weighted by molar-refractivity contribution is -0.174. The van der Waals surface area contributed by atoms with Crippen LogP contribution in [0.2, 0.25) is 0 Å². The molecule has 3 nitrogen and oxygen atoms in total. The van der Waals surface area contributed by atoms with E-state index in [1.165, 1.54) is 0 Å². The van der Waals surface area contributed by atoms with Gasteiger partial charge >= 0.3 is 5.97 Å². The van der Waals surface area contributed by atoms with Gasteiger partial charge in [0, 0.05) is 8.95 Å². The summed E-state index contributed by atoms with van der Waals surface area (Å²) in [5.74, 6) is -0.319. The molecule has 0 spiro atoms. The van der Waals surface area contributed by atoms with E-state index in [4.69, 9.17) is 9.47 Å². The SMILES string of the molecule is CCC(C)C(=O)OCOC(C)(C)c1cc(Br)cc(Br)c1. The number of halogens is 2. The molecule has 0 amide bonds. The zero-order chi connectivity index (χ0) is 15.3. The van der Waals surface area contributed by atoms with Crippen LogP contribution in [0.5, 0.6) is 0 Å². The Hall–Kier alpha value is -0.390. The normalized spacial score (nSPS) is 13.1. The largest absolute Gasteiger partial charge is 0.438 e. The number of carbonyl (C=O) groups is 1. The molecule has 0 saturated heterocycles. The molecule has 0 aliphatic carbocycles. The molecular weight excluding hydrogens is 388 g/mol. The summed E-state index contributed by atoms with van der Waals surface area (Å²) >= 11 is 6.91. The Bertz CT molecular complexity index is 452. The molecule has 0 aromatic heterocycles. The van der Waals surface area contributed by atoms with Crippen LogP contribution in [0.3, 0.4) is 0 Å². The fourth-order valence-electron chi connectivity index (χ4n) is 1.53. The van der Waals surface area contributed by atoms with Gasteiger partial charge in [0.1, 0.15) is 0 Å². The van der Waals surface area contributed by atoms with Gasteiger partial charge in [-0.25, -0.2) is 0 Å². The summed E-state index contributed by atoms with van der Waals surface area (Å²) in [6.45, 7) is 7.64. The van der Waals surface area contributed by atoms with E-state index in [-0.39, 0.29) is 18.7 Å². The Labute approximate surface area is 137 Å². The molecule has 0 aliphatic rings. The zero-order valence-electron chi connectivity index (χ0n) is 12.2. The summed E-state index contributed by atoms with van der Waals surface area (Å²) in [6, 6.07) is 5.94.